The third-order valence-electron chi connectivity index (χ3n) is 4.18. The lowest BCUT2D eigenvalue weighted by atomic mass is 10.1. The second kappa shape index (κ2) is 6.99. The third-order valence-corrected chi connectivity index (χ3v) is 4.18. The number of pyridine rings is 1. The molecule has 0 unspecified atom stereocenters. The minimum absolute atomic E-state index is 0.270. The Labute approximate surface area is 156 Å². The molecule has 3 heterocycles. The fourth-order valence-electron chi connectivity index (χ4n) is 2.80. The molecule has 1 aromatic carbocycles. The van der Waals surface area contributed by atoms with Crippen LogP contribution in [0.15, 0.2) is 42.7 Å². The van der Waals surface area contributed by atoms with Crippen molar-refractivity contribution in [2.75, 3.05) is 37.5 Å². The predicted molar refractivity (Wildman–Crippen MR) is 102 cm³/mol. The molecule has 0 atom stereocenters. The van der Waals surface area contributed by atoms with Gasteiger partial charge in [0.2, 0.25) is 0 Å². The SMILES string of the molecule is CN(C)c1ccc(NC(=O)c2cn[nH]c2-c2ccc3c(c2)OCCO3)cn1. The van der Waals surface area contributed by atoms with Crippen LogP contribution in [0.2, 0.25) is 0 Å². The lowest BCUT2D eigenvalue weighted by Crippen LogP contribution is -2.15. The average Bonchev–Trinajstić information content (AvgIpc) is 3.18. The van der Waals surface area contributed by atoms with Gasteiger partial charge in [-0.05, 0) is 30.3 Å². The van der Waals surface area contributed by atoms with Crippen molar-refractivity contribution in [2.24, 2.45) is 0 Å². The Bertz CT molecular complexity index is 966. The Hall–Kier alpha value is -3.55. The number of nitrogens with one attached hydrogen (secondary N) is 2. The van der Waals surface area contributed by atoms with Crippen LogP contribution in [0.5, 0.6) is 11.5 Å². The van der Waals surface area contributed by atoms with Crippen LogP contribution in [0.25, 0.3) is 11.3 Å². The molecule has 0 fully saturated rings. The number of amides is 1. The molecule has 0 bridgehead atoms. The minimum Gasteiger partial charge on any atom is -0.486 e. The van der Waals surface area contributed by atoms with Gasteiger partial charge in [0.05, 0.1) is 29.3 Å². The molecule has 2 N–H and O–H groups in total. The number of anilines is 2. The molecule has 4 rings (SSSR count). The van der Waals surface area contributed by atoms with E-state index in [1.807, 2.05) is 49.3 Å². The summed E-state index contributed by atoms with van der Waals surface area (Å²) in [4.78, 5) is 18.9. The van der Waals surface area contributed by atoms with Crippen molar-refractivity contribution in [1.82, 2.24) is 15.2 Å². The van der Waals surface area contributed by atoms with E-state index in [-0.39, 0.29) is 5.91 Å². The normalized spacial score (nSPS) is 12.5. The van der Waals surface area contributed by atoms with Crippen LogP contribution in [-0.4, -0.2) is 48.4 Å². The van der Waals surface area contributed by atoms with Gasteiger partial charge in [0, 0.05) is 19.7 Å². The predicted octanol–water partition coefficient (Wildman–Crippen LogP) is 2.56. The summed E-state index contributed by atoms with van der Waals surface area (Å²) in [6.45, 7) is 1.04. The first-order chi connectivity index (χ1) is 13.1. The minimum atomic E-state index is -0.270. The molecule has 0 aliphatic carbocycles. The number of nitrogens with zero attached hydrogens (tertiary/aromatic N) is 3. The zero-order chi connectivity index (χ0) is 18.8. The summed E-state index contributed by atoms with van der Waals surface area (Å²) in [7, 11) is 3.82. The average molecular weight is 365 g/mol. The van der Waals surface area contributed by atoms with Gasteiger partial charge < -0.3 is 19.7 Å². The van der Waals surface area contributed by atoms with Crippen LogP contribution in [0.3, 0.4) is 0 Å². The van der Waals surface area contributed by atoms with E-state index in [9.17, 15) is 4.79 Å². The maximum atomic E-state index is 12.7. The quantitative estimate of drug-likeness (QED) is 0.738. The summed E-state index contributed by atoms with van der Waals surface area (Å²) in [6.07, 6.45) is 3.13. The van der Waals surface area contributed by atoms with Crippen molar-refractivity contribution in [3.05, 3.63) is 48.3 Å². The van der Waals surface area contributed by atoms with Crippen molar-refractivity contribution in [3.8, 4) is 22.8 Å². The van der Waals surface area contributed by atoms with Crippen molar-refractivity contribution < 1.29 is 14.3 Å². The molecular formula is C19H19N5O3. The molecule has 0 spiro atoms. The molecule has 27 heavy (non-hydrogen) atoms. The number of hydrogen-bond acceptors (Lipinski definition) is 6. The fourth-order valence-corrected chi connectivity index (χ4v) is 2.80. The second-order valence-electron chi connectivity index (χ2n) is 6.27. The molecule has 138 valence electrons. The molecule has 2 aromatic heterocycles. The number of aromatic amines is 1. The molecule has 1 aliphatic heterocycles. The largest absolute Gasteiger partial charge is 0.486 e. The number of H-pyrrole nitrogens is 1. The lowest BCUT2D eigenvalue weighted by Gasteiger charge is -2.18. The third kappa shape index (κ3) is 3.41. The van der Waals surface area contributed by atoms with Crippen LogP contribution in [-0.2, 0) is 0 Å². The number of carbonyl (C=O) groups is 1. The van der Waals surface area contributed by atoms with Crippen molar-refractivity contribution in [3.63, 3.8) is 0 Å². The number of benzene rings is 1. The van der Waals surface area contributed by atoms with E-state index in [2.05, 4.69) is 20.5 Å². The monoisotopic (exact) mass is 365 g/mol. The molecule has 0 radical (unpaired) electrons. The van der Waals surface area contributed by atoms with Crippen LogP contribution in [0.1, 0.15) is 10.4 Å². The van der Waals surface area contributed by atoms with Gasteiger partial charge in [0.1, 0.15) is 19.0 Å². The summed E-state index contributed by atoms with van der Waals surface area (Å²) >= 11 is 0. The van der Waals surface area contributed by atoms with E-state index in [4.69, 9.17) is 9.47 Å². The summed E-state index contributed by atoms with van der Waals surface area (Å²) in [6, 6.07) is 9.18. The van der Waals surface area contributed by atoms with Gasteiger partial charge in [-0.15, -0.1) is 0 Å². The van der Waals surface area contributed by atoms with Crippen LogP contribution < -0.4 is 19.7 Å². The van der Waals surface area contributed by atoms with Crippen molar-refractivity contribution >= 4 is 17.4 Å². The molecule has 8 nitrogen and oxygen atoms in total. The maximum absolute atomic E-state index is 12.7. The molecular weight excluding hydrogens is 346 g/mol. The molecule has 0 saturated carbocycles. The van der Waals surface area contributed by atoms with E-state index in [1.165, 1.54) is 6.20 Å². The van der Waals surface area contributed by atoms with E-state index in [0.29, 0.717) is 41.7 Å². The van der Waals surface area contributed by atoms with Gasteiger partial charge in [-0.25, -0.2) is 4.98 Å². The van der Waals surface area contributed by atoms with E-state index < -0.39 is 0 Å². The number of ether oxygens (including phenoxy) is 2. The molecule has 1 amide bonds. The number of hydrogen-bond donors (Lipinski definition) is 2. The molecule has 1 aliphatic rings. The van der Waals surface area contributed by atoms with Gasteiger partial charge in [0.15, 0.2) is 11.5 Å². The number of carbonyl (C=O) groups excluding carboxylic acids is 1. The zero-order valence-corrected chi connectivity index (χ0v) is 15.0. The van der Waals surface area contributed by atoms with Crippen LogP contribution in [0, 0.1) is 0 Å². The highest BCUT2D eigenvalue weighted by molar-refractivity contribution is 6.08. The van der Waals surface area contributed by atoms with E-state index in [0.717, 1.165) is 11.4 Å². The Balaban J connectivity index is 1.57. The summed E-state index contributed by atoms with van der Waals surface area (Å²) < 4.78 is 11.2. The topological polar surface area (TPSA) is 92.4 Å². The van der Waals surface area contributed by atoms with Crippen LogP contribution >= 0.6 is 0 Å². The van der Waals surface area contributed by atoms with Crippen molar-refractivity contribution in [2.45, 2.75) is 0 Å². The number of aromatic nitrogens is 3. The summed E-state index contributed by atoms with van der Waals surface area (Å²) in [5, 5.41) is 9.77. The number of rotatable bonds is 4. The standard InChI is InChI=1S/C19H19N5O3/c1-24(2)17-6-4-13(10-20-17)22-19(25)14-11-21-23-18(14)12-3-5-15-16(9-12)27-8-7-26-15/h3-6,9-11H,7-8H2,1-2H3,(H,21,23)(H,22,25). The lowest BCUT2D eigenvalue weighted by molar-refractivity contribution is 0.102. The highest BCUT2D eigenvalue weighted by atomic mass is 16.6. The molecule has 3 aromatic rings. The second-order valence-corrected chi connectivity index (χ2v) is 6.27. The van der Waals surface area contributed by atoms with Gasteiger partial charge in [-0.3, -0.25) is 9.89 Å². The Morgan fingerprint density at radius 2 is 1.93 bits per heavy atom. The Morgan fingerprint density at radius 1 is 1.11 bits per heavy atom. The Morgan fingerprint density at radius 3 is 2.67 bits per heavy atom. The first-order valence-electron chi connectivity index (χ1n) is 8.50. The fraction of sp³-hybridized carbons (Fsp3) is 0.211. The van der Waals surface area contributed by atoms with E-state index >= 15 is 0 Å². The summed E-state index contributed by atoms with van der Waals surface area (Å²) in [5.41, 5.74) is 2.45. The van der Waals surface area contributed by atoms with Gasteiger partial charge in [-0.1, -0.05) is 0 Å². The van der Waals surface area contributed by atoms with E-state index in [1.54, 1.807) is 6.20 Å². The summed E-state index contributed by atoms with van der Waals surface area (Å²) in [5.74, 6) is 1.90. The Kier molecular flexibility index (Phi) is 4.37. The highest BCUT2D eigenvalue weighted by Gasteiger charge is 2.19. The molecule has 8 heteroatoms. The maximum Gasteiger partial charge on any atom is 0.259 e. The van der Waals surface area contributed by atoms with Gasteiger partial charge in [-0.2, -0.15) is 5.10 Å². The first kappa shape index (κ1) is 16.9. The molecule has 0 saturated heterocycles. The first-order valence-corrected chi connectivity index (χ1v) is 8.50. The number of fused-ring (bicyclic) bond motifs is 1. The van der Waals surface area contributed by atoms with Gasteiger partial charge >= 0.3 is 0 Å². The smallest absolute Gasteiger partial charge is 0.259 e. The highest BCUT2D eigenvalue weighted by Crippen LogP contribution is 2.35. The zero-order valence-electron chi connectivity index (χ0n) is 15.0. The van der Waals surface area contributed by atoms with Gasteiger partial charge in [0.25, 0.3) is 5.91 Å². The van der Waals surface area contributed by atoms with Crippen molar-refractivity contribution in [1.29, 1.82) is 0 Å². The van der Waals surface area contributed by atoms with Crippen LogP contribution in [0.4, 0.5) is 11.5 Å².